The molecule has 0 spiro atoms. The zero-order valence-electron chi connectivity index (χ0n) is 14.2. The Kier molecular flexibility index (Phi) is 3.29. The van der Waals surface area contributed by atoms with E-state index in [4.69, 9.17) is 4.98 Å². The summed E-state index contributed by atoms with van der Waals surface area (Å²) in [6.07, 6.45) is 4.96. The number of imidazole rings is 1. The molecule has 1 N–H and O–H groups in total. The molecule has 0 bridgehead atoms. The van der Waals surface area contributed by atoms with Crippen molar-refractivity contribution in [2.45, 2.75) is 51.9 Å². The van der Waals surface area contributed by atoms with E-state index in [9.17, 15) is 0 Å². The number of aromatic nitrogens is 2. The molecule has 1 heterocycles. The van der Waals surface area contributed by atoms with Gasteiger partial charge >= 0.3 is 0 Å². The fourth-order valence-electron chi connectivity index (χ4n) is 3.78. The third-order valence-electron chi connectivity index (χ3n) is 4.97. The molecular weight excluding hydrogens is 280 g/mol. The second-order valence-corrected chi connectivity index (χ2v) is 7.69. The van der Waals surface area contributed by atoms with Crippen LogP contribution in [0.25, 0.3) is 22.4 Å². The number of fused-ring (bicyclic) bond motifs is 3. The van der Waals surface area contributed by atoms with Gasteiger partial charge in [0.1, 0.15) is 5.82 Å². The Labute approximate surface area is 138 Å². The van der Waals surface area contributed by atoms with Crippen LogP contribution in [0.15, 0.2) is 36.4 Å². The molecule has 118 valence electrons. The Balaban J connectivity index is 1.91. The zero-order chi connectivity index (χ0) is 16.0. The van der Waals surface area contributed by atoms with Crippen molar-refractivity contribution in [3.63, 3.8) is 0 Å². The molecule has 1 aromatic heterocycles. The van der Waals surface area contributed by atoms with E-state index in [2.05, 4.69) is 62.2 Å². The molecule has 4 rings (SSSR count). The Morgan fingerprint density at radius 3 is 2.57 bits per heavy atom. The molecule has 3 aromatic rings. The van der Waals surface area contributed by atoms with E-state index in [-0.39, 0.29) is 5.41 Å². The van der Waals surface area contributed by atoms with E-state index in [1.54, 1.807) is 0 Å². The summed E-state index contributed by atoms with van der Waals surface area (Å²) >= 11 is 0. The molecule has 0 radical (unpaired) electrons. The number of rotatable bonds is 1. The highest BCUT2D eigenvalue weighted by molar-refractivity contribution is 5.84. The van der Waals surface area contributed by atoms with E-state index >= 15 is 0 Å². The minimum Gasteiger partial charge on any atom is -0.338 e. The summed E-state index contributed by atoms with van der Waals surface area (Å²) in [5, 5.41) is 0. The number of nitrogens with zero attached hydrogens (tertiary/aromatic N) is 1. The van der Waals surface area contributed by atoms with Crippen molar-refractivity contribution < 1.29 is 0 Å². The van der Waals surface area contributed by atoms with Crippen molar-refractivity contribution in [2.75, 3.05) is 0 Å². The summed E-state index contributed by atoms with van der Waals surface area (Å²) in [6, 6.07) is 13.1. The lowest BCUT2D eigenvalue weighted by Crippen LogP contribution is -2.12. The number of hydrogen-bond acceptors (Lipinski definition) is 1. The molecule has 0 atom stereocenters. The van der Waals surface area contributed by atoms with Crippen molar-refractivity contribution in [3.8, 4) is 11.4 Å². The van der Waals surface area contributed by atoms with Crippen molar-refractivity contribution >= 4 is 11.0 Å². The van der Waals surface area contributed by atoms with Crippen LogP contribution < -0.4 is 0 Å². The van der Waals surface area contributed by atoms with Crippen LogP contribution in [0.2, 0.25) is 0 Å². The third-order valence-corrected chi connectivity index (χ3v) is 4.97. The van der Waals surface area contributed by atoms with Crippen LogP contribution >= 0.6 is 0 Å². The molecule has 0 amide bonds. The second kappa shape index (κ2) is 5.23. The first-order valence-corrected chi connectivity index (χ1v) is 8.64. The highest BCUT2D eigenvalue weighted by atomic mass is 14.9. The number of aryl methyl sites for hydroxylation is 2. The minimum absolute atomic E-state index is 0.106. The van der Waals surface area contributed by atoms with Gasteiger partial charge in [-0.15, -0.1) is 0 Å². The van der Waals surface area contributed by atoms with Gasteiger partial charge in [-0.1, -0.05) is 51.1 Å². The largest absolute Gasteiger partial charge is 0.338 e. The van der Waals surface area contributed by atoms with Crippen LogP contribution in [-0.2, 0) is 18.3 Å². The molecule has 2 aromatic carbocycles. The van der Waals surface area contributed by atoms with Crippen molar-refractivity contribution in [3.05, 3.63) is 53.1 Å². The van der Waals surface area contributed by atoms with Crippen LogP contribution in [0.4, 0.5) is 0 Å². The number of hydrogen-bond donors (Lipinski definition) is 1. The van der Waals surface area contributed by atoms with E-state index in [0.29, 0.717) is 0 Å². The maximum Gasteiger partial charge on any atom is 0.138 e. The maximum absolute atomic E-state index is 5.01. The van der Waals surface area contributed by atoms with Gasteiger partial charge in [0.15, 0.2) is 0 Å². The molecule has 0 unspecified atom stereocenters. The van der Waals surface area contributed by atoms with Gasteiger partial charge in [-0.3, -0.25) is 0 Å². The van der Waals surface area contributed by atoms with E-state index < -0.39 is 0 Å². The van der Waals surface area contributed by atoms with E-state index in [1.165, 1.54) is 52.5 Å². The van der Waals surface area contributed by atoms with Gasteiger partial charge in [0, 0.05) is 5.56 Å². The number of nitrogens with one attached hydrogen (secondary N) is 1. The van der Waals surface area contributed by atoms with Crippen molar-refractivity contribution in [1.82, 2.24) is 9.97 Å². The third kappa shape index (κ3) is 2.46. The summed E-state index contributed by atoms with van der Waals surface area (Å²) in [7, 11) is 0. The van der Waals surface area contributed by atoms with Gasteiger partial charge in [0.25, 0.3) is 0 Å². The molecule has 0 saturated heterocycles. The zero-order valence-corrected chi connectivity index (χ0v) is 14.2. The van der Waals surface area contributed by atoms with Crippen LogP contribution in [0.3, 0.4) is 0 Å². The first kappa shape index (κ1) is 14.5. The normalized spacial score (nSPS) is 14.9. The fraction of sp³-hybridized carbons (Fsp3) is 0.381. The van der Waals surface area contributed by atoms with Crippen molar-refractivity contribution in [2.24, 2.45) is 0 Å². The monoisotopic (exact) mass is 304 g/mol. The van der Waals surface area contributed by atoms with Gasteiger partial charge in [0.2, 0.25) is 0 Å². The predicted octanol–water partition coefficient (Wildman–Crippen LogP) is 5.41. The van der Waals surface area contributed by atoms with Crippen LogP contribution in [0.1, 0.15) is 50.3 Å². The number of benzene rings is 2. The lowest BCUT2D eigenvalue weighted by Gasteiger charge is -2.21. The average molecular weight is 304 g/mol. The average Bonchev–Trinajstić information content (AvgIpc) is 2.98. The maximum atomic E-state index is 5.01. The SMILES string of the molecule is CC(C)(C)c1ccccc1-c1nc2c3c(ccc2[nH]1)CCCC3. The summed E-state index contributed by atoms with van der Waals surface area (Å²) in [5.41, 5.74) is 7.98. The standard InChI is InChI=1S/C21H24N2/c1-21(2,3)17-11-7-6-10-16(17)20-22-18-13-12-14-8-4-5-9-15(14)19(18)23-20/h6-7,10-13H,4-5,8-9H2,1-3H3,(H,22,23). The molecule has 2 nitrogen and oxygen atoms in total. The smallest absolute Gasteiger partial charge is 0.138 e. The Bertz CT molecular complexity index is 865. The summed E-state index contributed by atoms with van der Waals surface area (Å²) < 4.78 is 0. The fourth-order valence-corrected chi connectivity index (χ4v) is 3.78. The first-order chi connectivity index (χ1) is 11.0. The van der Waals surface area contributed by atoms with Crippen LogP contribution in [-0.4, -0.2) is 9.97 Å². The first-order valence-electron chi connectivity index (χ1n) is 8.64. The Hall–Kier alpha value is -2.09. The topological polar surface area (TPSA) is 28.7 Å². The number of H-pyrrole nitrogens is 1. The Morgan fingerprint density at radius 2 is 1.74 bits per heavy atom. The molecule has 0 saturated carbocycles. The molecule has 0 fully saturated rings. The molecule has 1 aliphatic carbocycles. The molecule has 2 heteroatoms. The van der Waals surface area contributed by atoms with E-state index in [0.717, 1.165) is 12.2 Å². The highest BCUT2D eigenvalue weighted by Gasteiger charge is 2.21. The summed E-state index contributed by atoms with van der Waals surface area (Å²) in [6.45, 7) is 6.78. The lowest BCUT2D eigenvalue weighted by molar-refractivity contribution is 0.591. The van der Waals surface area contributed by atoms with Gasteiger partial charge in [-0.05, 0) is 53.9 Å². The van der Waals surface area contributed by atoms with Gasteiger partial charge in [0.05, 0.1) is 11.0 Å². The minimum atomic E-state index is 0.106. The highest BCUT2D eigenvalue weighted by Crippen LogP contribution is 2.34. The summed E-state index contributed by atoms with van der Waals surface area (Å²) in [4.78, 5) is 8.58. The van der Waals surface area contributed by atoms with Crippen LogP contribution in [0.5, 0.6) is 0 Å². The van der Waals surface area contributed by atoms with Crippen LogP contribution in [0, 0.1) is 0 Å². The molecular formula is C21H24N2. The van der Waals surface area contributed by atoms with E-state index in [1.807, 2.05) is 0 Å². The van der Waals surface area contributed by atoms with Gasteiger partial charge in [-0.2, -0.15) is 0 Å². The molecule has 23 heavy (non-hydrogen) atoms. The second-order valence-electron chi connectivity index (χ2n) is 7.69. The van der Waals surface area contributed by atoms with Crippen molar-refractivity contribution in [1.29, 1.82) is 0 Å². The lowest BCUT2D eigenvalue weighted by atomic mass is 9.83. The van der Waals surface area contributed by atoms with Gasteiger partial charge in [-0.25, -0.2) is 4.98 Å². The Morgan fingerprint density at radius 1 is 0.957 bits per heavy atom. The quantitative estimate of drug-likeness (QED) is 0.640. The number of aromatic amines is 1. The summed E-state index contributed by atoms with van der Waals surface area (Å²) in [5.74, 6) is 1.00. The van der Waals surface area contributed by atoms with Gasteiger partial charge < -0.3 is 4.98 Å². The molecule has 0 aliphatic heterocycles. The predicted molar refractivity (Wildman–Crippen MR) is 96.9 cm³/mol. The molecule has 1 aliphatic rings.